The third-order valence-corrected chi connectivity index (χ3v) is 4.40. The highest BCUT2D eigenvalue weighted by Gasteiger charge is 2.48. The number of aryl methyl sites for hydroxylation is 2. The summed E-state index contributed by atoms with van der Waals surface area (Å²) >= 11 is 1.38. The van der Waals surface area contributed by atoms with Gasteiger partial charge >= 0.3 is 6.09 Å². The topological polar surface area (TPSA) is 51.2 Å². The van der Waals surface area contributed by atoms with Crippen molar-refractivity contribution in [3.8, 4) is 0 Å². The van der Waals surface area contributed by atoms with Crippen molar-refractivity contribution >= 4 is 23.3 Å². The van der Waals surface area contributed by atoms with E-state index >= 15 is 0 Å². The van der Waals surface area contributed by atoms with Gasteiger partial charge < -0.3 is 4.74 Å². The van der Waals surface area contributed by atoms with Crippen LogP contribution >= 0.6 is 11.5 Å². The van der Waals surface area contributed by atoms with E-state index in [1.165, 1.54) is 11.5 Å². The van der Waals surface area contributed by atoms with E-state index in [0.717, 1.165) is 34.7 Å². The summed E-state index contributed by atoms with van der Waals surface area (Å²) in [5.74, 6) is 0. The summed E-state index contributed by atoms with van der Waals surface area (Å²) in [5, 5.41) is 2.81. The van der Waals surface area contributed by atoms with Gasteiger partial charge in [0.25, 0.3) is 0 Å². The van der Waals surface area contributed by atoms with Gasteiger partial charge in [0.2, 0.25) is 0 Å². The number of carbonyl (C=O) groups is 1. The van der Waals surface area contributed by atoms with Crippen LogP contribution in [0.2, 0.25) is 0 Å². The molecule has 4 nitrogen and oxygen atoms in total. The maximum Gasteiger partial charge on any atom is 0.412 e. The van der Waals surface area contributed by atoms with Gasteiger partial charge in [0.15, 0.2) is 0 Å². The summed E-state index contributed by atoms with van der Waals surface area (Å²) in [4.78, 5) is 13.1. The van der Waals surface area contributed by atoms with E-state index in [1.807, 2.05) is 58.0 Å². The Morgan fingerprint density at radius 2 is 1.86 bits per heavy atom. The van der Waals surface area contributed by atoms with E-state index in [0.29, 0.717) is 0 Å². The highest BCUT2D eigenvalue weighted by Crippen LogP contribution is 2.49. The molecule has 1 N–H and O–H groups in total. The summed E-state index contributed by atoms with van der Waals surface area (Å²) in [6.45, 7) is 7.81. The Bertz CT molecular complexity index is 614. The average molecular weight is 318 g/mol. The van der Waals surface area contributed by atoms with E-state index in [2.05, 4.69) is 9.69 Å². The van der Waals surface area contributed by atoms with E-state index in [1.54, 1.807) is 0 Å². The molecule has 0 bridgehead atoms. The zero-order chi connectivity index (χ0) is 16.2. The van der Waals surface area contributed by atoms with E-state index < -0.39 is 11.7 Å². The smallest absolute Gasteiger partial charge is 0.412 e. The Morgan fingerprint density at radius 1 is 1.23 bits per heavy atom. The molecule has 0 radical (unpaired) electrons. The second-order valence-corrected chi connectivity index (χ2v) is 6.05. The van der Waals surface area contributed by atoms with Crippen molar-refractivity contribution < 1.29 is 9.53 Å². The van der Waals surface area contributed by atoms with Crippen LogP contribution in [0.3, 0.4) is 0 Å². The molecule has 1 amide bonds. The van der Waals surface area contributed by atoms with E-state index in [4.69, 9.17) is 4.74 Å². The molecule has 0 spiro atoms. The quantitative estimate of drug-likeness (QED) is 0.864. The second-order valence-electron chi connectivity index (χ2n) is 5.07. The third kappa shape index (κ3) is 3.47. The zero-order valence-corrected chi connectivity index (χ0v) is 14.3. The van der Waals surface area contributed by atoms with Crippen LogP contribution < -0.4 is 5.32 Å². The molecule has 1 aromatic carbocycles. The molecule has 0 unspecified atom stereocenters. The Labute approximate surface area is 135 Å². The lowest BCUT2D eigenvalue weighted by Gasteiger charge is -2.17. The van der Waals surface area contributed by atoms with Gasteiger partial charge in [0.1, 0.15) is 5.60 Å². The fourth-order valence-electron chi connectivity index (χ4n) is 2.27. The number of carbonyl (C=O) groups excluding carboxylic acids is 1. The maximum atomic E-state index is 12.1. The fourth-order valence-corrected chi connectivity index (χ4v) is 2.93. The second kappa shape index (κ2) is 6.92. The van der Waals surface area contributed by atoms with Gasteiger partial charge in [-0.1, -0.05) is 44.2 Å². The molecule has 1 saturated carbocycles. The van der Waals surface area contributed by atoms with Crippen LogP contribution in [0.25, 0.3) is 0 Å². The summed E-state index contributed by atoms with van der Waals surface area (Å²) in [6, 6.07) is 9.90. The minimum atomic E-state index is -0.434. The van der Waals surface area contributed by atoms with Crippen molar-refractivity contribution in [2.45, 2.75) is 46.1 Å². The molecule has 22 heavy (non-hydrogen) atoms. The predicted molar refractivity (Wildman–Crippen MR) is 90.4 cm³/mol. The standard InChI is InChI=1S/C15H16N2O2S.C2H6/c1-10-13(11(2)20-17-10)16-14(18)19-15(8-9-15)12-6-4-3-5-7-12;1-2/h3-7H,8-9H2,1-2H3,(H,16,18);1-2H3. The first-order valence-electron chi connectivity index (χ1n) is 7.59. The molecule has 1 aromatic heterocycles. The van der Waals surface area contributed by atoms with Crippen molar-refractivity contribution in [1.82, 2.24) is 4.37 Å². The lowest BCUT2D eigenvalue weighted by atomic mass is 10.1. The number of nitrogens with one attached hydrogen (secondary N) is 1. The summed E-state index contributed by atoms with van der Waals surface area (Å²) < 4.78 is 9.86. The van der Waals surface area contributed by atoms with Crippen LogP contribution in [0.5, 0.6) is 0 Å². The number of ether oxygens (including phenoxy) is 1. The monoisotopic (exact) mass is 318 g/mol. The summed E-state index contributed by atoms with van der Waals surface area (Å²) in [7, 11) is 0. The van der Waals surface area contributed by atoms with Gasteiger partial charge in [-0.25, -0.2) is 4.79 Å². The minimum absolute atomic E-state index is 0.405. The van der Waals surface area contributed by atoms with Crippen LogP contribution in [0, 0.1) is 13.8 Å². The highest BCUT2D eigenvalue weighted by atomic mass is 32.1. The molecule has 5 heteroatoms. The van der Waals surface area contributed by atoms with Gasteiger partial charge in [-0.2, -0.15) is 4.37 Å². The lowest BCUT2D eigenvalue weighted by molar-refractivity contribution is 0.0941. The average Bonchev–Trinajstić information content (AvgIpc) is 3.27. The molecule has 1 aliphatic rings. The number of hydrogen-bond donors (Lipinski definition) is 1. The molecule has 3 rings (SSSR count). The Kier molecular flexibility index (Phi) is 5.19. The first-order chi connectivity index (χ1) is 10.6. The normalized spacial score (nSPS) is 14.5. The summed E-state index contributed by atoms with van der Waals surface area (Å²) in [5.41, 5.74) is 2.22. The number of amides is 1. The van der Waals surface area contributed by atoms with E-state index in [9.17, 15) is 4.79 Å². The van der Waals surface area contributed by atoms with Crippen molar-refractivity contribution in [1.29, 1.82) is 0 Å². The largest absolute Gasteiger partial charge is 0.438 e. The lowest BCUT2D eigenvalue weighted by Crippen LogP contribution is -2.22. The maximum absolute atomic E-state index is 12.1. The molecule has 0 saturated heterocycles. The molecule has 1 aliphatic carbocycles. The Morgan fingerprint density at radius 3 is 2.36 bits per heavy atom. The Balaban J connectivity index is 0.000000847. The van der Waals surface area contributed by atoms with Crippen LogP contribution in [-0.4, -0.2) is 10.5 Å². The first-order valence-corrected chi connectivity index (χ1v) is 8.36. The van der Waals surface area contributed by atoms with Gasteiger partial charge in [-0.05, 0) is 43.8 Å². The van der Waals surface area contributed by atoms with Crippen molar-refractivity contribution in [3.05, 3.63) is 46.5 Å². The van der Waals surface area contributed by atoms with Crippen molar-refractivity contribution in [3.63, 3.8) is 0 Å². The highest BCUT2D eigenvalue weighted by molar-refractivity contribution is 7.06. The fraction of sp³-hybridized carbons (Fsp3) is 0.412. The number of anilines is 1. The van der Waals surface area contributed by atoms with Crippen LogP contribution in [0.15, 0.2) is 30.3 Å². The molecule has 118 valence electrons. The van der Waals surface area contributed by atoms with Gasteiger partial charge in [-0.15, -0.1) is 0 Å². The number of hydrogen-bond acceptors (Lipinski definition) is 4. The van der Waals surface area contributed by atoms with Gasteiger partial charge in [-0.3, -0.25) is 5.32 Å². The SMILES string of the molecule is CC.Cc1nsc(C)c1NC(=O)OC1(c2ccccc2)CC1. The van der Waals surface area contributed by atoms with Gasteiger partial charge in [0.05, 0.1) is 11.4 Å². The molecule has 0 aliphatic heterocycles. The third-order valence-electron chi connectivity index (χ3n) is 3.55. The van der Waals surface area contributed by atoms with E-state index in [-0.39, 0.29) is 0 Å². The number of nitrogens with zero attached hydrogens (tertiary/aromatic N) is 1. The number of benzene rings is 1. The molecular formula is C17H22N2O2S. The van der Waals surface area contributed by atoms with Crippen LogP contribution in [0.1, 0.15) is 42.8 Å². The molecule has 1 fully saturated rings. The first kappa shape index (κ1) is 16.5. The number of aromatic nitrogens is 1. The Hall–Kier alpha value is -1.88. The van der Waals surface area contributed by atoms with Crippen molar-refractivity contribution in [2.24, 2.45) is 0 Å². The minimum Gasteiger partial charge on any atom is -0.438 e. The molecule has 0 atom stereocenters. The molecular weight excluding hydrogens is 296 g/mol. The van der Waals surface area contributed by atoms with Crippen LogP contribution in [-0.2, 0) is 10.3 Å². The predicted octanol–water partition coefficient (Wildman–Crippen LogP) is 5.02. The van der Waals surface area contributed by atoms with Gasteiger partial charge in [0, 0.05) is 4.88 Å². The van der Waals surface area contributed by atoms with Crippen LogP contribution in [0.4, 0.5) is 10.5 Å². The zero-order valence-electron chi connectivity index (χ0n) is 13.5. The molecule has 2 aromatic rings. The number of rotatable bonds is 3. The summed E-state index contributed by atoms with van der Waals surface area (Å²) in [6.07, 6.45) is 1.35. The van der Waals surface area contributed by atoms with Crippen molar-refractivity contribution in [2.75, 3.05) is 5.32 Å². The molecule has 1 heterocycles.